The highest BCUT2D eigenvalue weighted by atomic mass is 16.1. The van der Waals surface area contributed by atoms with Gasteiger partial charge in [-0.05, 0) is 16.3 Å². The van der Waals surface area contributed by atoms with E-state index in [9.17, 15) is 4.79 Å². The van der Waals surface area contributed by atoms with Gasteiger partial charge in [0.2, 0.25) is 0 Å². The van der Waals surface area contributed by atoms with Gasteiger partial charge in [0.25, 0.3) is 0 Å². The van der Waals surface area contributed by atoms with Crippen LogP contribution >= 0.6 is 0 Å². The van der Waals surface area contributed by atoms with Gasteiger partial charge in [0.15, 0.2) is 0 Å². The van der Waals surface area contributed by atoms with E-state index in [1.54, 1.807) is 5.94 Å². The van der Waals surface area contributed by atoms with E-state index in [1.807, 2.05) is 42.5 Å². The van der Waals surface area contributed by atoms with Crippen LogP contribution in [0.25, 0.3) is 16.8 Å². The SMILES string of the molecule is O=C=Cc1cccc2ccccc12. The van der Waals surface area contributed by atoms with Gasteiger partial charge in [-0.25, -0.2) is 4.79 Å². The second-order valence-corrected chi connectivity index (χ2v) is 2.83. The van der Waals surface area contributed by atoms with E-state index in [2.05, 4.69) is 0 Å². The lowest BCUT2D eigenvalue weighted by Crippen LogP contribution is -1.76. The third-order valence-corrected chi connectivity index (χ3v) is 2.04. The van der Waals surface area contributed by atoms with E-state index in [4.69, 9.17) is 0 Å². The van der Waals surface area contributed by atoms with Crippen molar-refractivity contribution in [2.75, 3.05) is 0 Å². The summed E-state index contributed by atoms with van der Waals surface area (Å²) in [5, 5.41) is 2.24. The first kappa shape index (κ1) is 7.78. The van der Waals surface area contributed by atoms with Gasteiger partial charge in [-0.1, -0.05) is 42.5 Å². The quantitative estimate of drug-likeness (QED) is 0.598. The van der Waals surface area contributed by atoms with Gasteiger partial charge in [0.1, 0.15) is 5.94 Å². The first-order valence-electron chi connectivity index (χ1n) is 4.10. The molecule has 0 bridgehead atoms. The van der Waals surface area contributed by atoms with Crippen LogP contribution in [0.2, 0.25) is 0 Å². The Hall–Kier alpha value is -1.85. The summed E-state index contributed by atoms with van der Waals surface area (Å²) in [6, 6.07) is 13.8. The predicted octanol–water partition coefficient (Wildman–Crippen LogP) is 2.68. The van der Waals surface area contributed by atoms with Crippen molar-refractivity contribution in [3.63, 3.8) is 0 Å². The number of hydrogen-bond donors (Lipinski definition) is 0. The maximum absolute atomic E-state index is 10.2. The monoisotopic (exact) mass is 168 g/mol. The van der Waals surface area contributed by atoms with Crippen molar-refractivity contribution in [3.05, 3.63) is 48.0 Å². The average molecular weight is 168 g/mol. The molecule has 0 atom stereocenters. The Kier molecular flexibility index (Phi) is 1.95. The van der Waals surface area contributed by atoms with Gasteiger partial charge in [-0.2, -0.15) is 0 Å². The molecule has 13 heavy (non-hydrogen) atoms. The molecule has 62 valence electrons. The maximum Gasteiger partial charge on any atom is 0.125 e. The van der Waals surface area contributed by atoms with Crippen LogP contribution in [0.5, 0.6) is 0 Å². The fourth-order valence-electron chi connectivity index (χ4n) is 1.44. The van der Waals surface area contributed by atoms with E-state index < -0.39 is 0 Å². The Morgan fingerprint density at radius 3 is 2.62 bits per heavy atom. The van der Waals surface area contributed by atoms with E-state index in [1.165, 1.54) is 6.08 Å². The minimum Gasteiger partial charge on any atom is -0.233 e. The lowest BCUT2D eigenvalue weighted by atomic mass is 10.1. The molecule has 0 radical (unpaired) electrons. The molecule has 0 aliphatic heterocycles. The molecule has 2 aromatic rings. The number of carbonyl (C=O) groups excluding carboxylic acids is 1. The van der Waals surface area contributed by atoms with Crippen molar-refractivity contribution in [2.24, 2.45) is 0 Å². The highest BCUT2D eigenvalue weighted by Crippen LogP contribution is 2.18. The highest BCUT2D eigenvalue weighted by molar-refractivity contribution is 5.94. The van der Waals surface area contributed by atoms with Gasteiger partial charge >= 0.3 is 0 Å². The van der Waals surface area contributed by atoms with Crippen molar-refractivity contribution >= 4 is 22.8 Å². The molecule has 1 nitrogen and oxygen atoms in total. The van der Waals surface area contributed by atoms with Gasteiger partial charge in [-0.3, -0.25) is 0 Å². The minimum absolute atomic E-state index is 0.924. The Morgan fingerprint density at radius 1 is 1.00 bits per heavy atom. The molecular weight excluding hydrogens is 160 g/mol. The summed E-state index contributed by atoms with van der Waals surface area (Å²) in [6.45, 7) is 0. The summed E-state index contributed by atoms with van der Waals surface area (Å²) >= 11 is 0. The first-order chi connectivity index (χ1) is 6.42. The Morgan fingerprint density at radius 2 is 1.77 bits per heavy atom. The lowest BCUT2D eigenvalue weighted by molar-refractivity contribution is 0.570. The van der Waals surface area contributed by atoms with Crippen LogP contribution in [0.15, 0.2) is 42.5 Å². The topological polar surface area (TPSA) is 17.1 Å². The molecule has 0 spiro atoms. The van der Waals surface area contributed by atoms with Crippen molar-refractivity contribution in [3.8, 4) is 0 Å². The molecular formula is C12H8O. The number of fused-ring (bicyclic) bond motifs is 1. The Balaban J connectivity index is 2.82. The summed E-state index contributed by atoms with van der Waals surface area (Å²) in [5.74, 6) is 1.80. The summed E-state index contributed by atoms with van der Waals surface area (Å²) in [6.07, 6.45) is 1.46. The lowest BCUT2D eigenvalue weighted by Gasteiger charge is -1.99. The third-order valence-electron chi connectivity index (χ3n) is 2.04. The van der Waals surface area contributed by atoms with Crippen LogP contribution in [-0.4, -0.2) is 5.94 Å². The van der Waals surface area contributed by atoms with Crippen LogP contribution in [0.3, 0.4) is 0 Å². The zero-order valence-corrected chi connectivity index (χ0v) is 7.03. The van der Waals surface area contributed by atoms with Crippen LogP contribution in [-0.2, 0) is 4.79 Å². The Bertz CT molecular complexity index is 474. The molecule has 0 aliphatic rings. The van der Waals surface area contributed by atoms with Gasteiger partial charge in [0.05, 0.1) is 0 Å². The van der Waals surface area contributed by atoms with Crippen LogP contribution in [0, 0.1) is 0 Å². The normalized spacial score (nSPS) is 9.54. The molecule has 0 N–H and O–H groups in total. The number of rotatable bonds is 1. The molecule has 0 saturated heterocycles. The van der Waals surface area contributed by atoms with Crippen LogP contribution < -0.4 is 0 Å². The van der Waals surface area contributed by atoms with Gasteiger partial charge in [-0.15, -0.1) is 0 Å². The van der Waals surface area contributed by atoms with Gasteiger partial charge in [0, 0.05) is 6.08 Å². The average Bonchev–Trinajstić information content (AvgIpc) is 2.19. The summed E-state index contributed by atoms with van der Waals surface area (Å²) in [5.41, 5.74) is 0.924. The standard InChI is InChI=1S/C12H8O/c13-9-8-11-6-3-5-10-4-1-2-7-12(10)11/h1-8H. The molecule has 0 fully saturated rings. The van der Waals surface area contributed by atoms with Crippen LogP contribution in [0.4, 0.5) is 0 Å². The van der Waals surface area contributed by atoms with Crippen LogP contribution in [0.1, 0.15) is 5.56 Å². The van der Waals surface area contributed by atoms with E-state index >= 15 is 0 Å². The summed E-state index contributed by atoms with van der Waals surface area (Å²) in [7, 11) is 0. The van der Waals surface area contributed by atoms with Crippen molar-refractivity contribution < 1.29 is 4.79 Å². The van der Waals surface area contributed by atoms with E-state index in [0.717, 1.165) is 16.3 Å². The molecule has 0 aliphatic carbocycles. The first-order valence-corrected chi connectivity index (χ1v) is 4.10. The van der Waals surface area contributed by atoms with Crippen molar-refractivity contribution in [1.82, 2.24) is 0 Å². The zero-order valence-electron chi connectivity index (χ0n) is 7.03. The predicted molar refractivity (Wildman–Crippen MR) is 54.1 cm³/mol. The molecule has 0 unspecified atom stereocenters. The maximum atomic E-state index is 10.2. The highest BCUT2D eigenvalue weighted by Gasteiger charge is 1.95. The second kappa shape index (κ2) is 3.26. The fraction of sp³-hybridized carbons (Fsp3) is 0. The van der Waals surface area contributed by atoms with E-state index in [-0.39, 0.29) is 0 Å². The minimum atomic E-state index is 0.924. The molecule has 0 heterocycles. The molecule has 0 aromatic heterocycles. The molecule has 1 heteroatoms. The molecule has 0 amide bonds. The summed E-state index contributed by atoms with van der Waals surface area (Å²) < 4.78 is 0. The molecule has 2 aromatic carbocycles. The van der Waals surface area contributed by atoms with E-state index in [0.29, 0.717) is 0 Å². The van der Waals surface area contributed by atoms with Gasteiger partial charge < -0.3 is 0 Å². The largest absolute Gasteiger partial charge is 0.233 e. The second-order valence-electron chi connectivity index (χ2n) is 2.83. The zero-order chi connectivity index (χ0) is 9.10. The summed E-state index contributed by atoms with van der Waals surface area (Å²) in [4.78, 5) is 10.2. The Labute approximate surface area is 76.3 Å². The smallest absolute Gasteiger partial charge is 0.125 e. The van der Waals surface area contributed by atoms with Crippen molar-refractivity contribution in [1.29, 1.82) is 0 Å². The number of hydrogen-bond acceptors (Lipinski definition) is 1. The molecule has 2 rings (SSSR count). The van der Waals surface area contributed by atoms with Crippen molar-refractivity contribution in [2.45, 2.75) is 0 Å². The number of benzene rings is 2. The fourth-order valence-corrected chi connectivity index (χ4v) is 1.44. The molecule has 0 saturated carbocycles. The third kappa shape index (κ3) is 1.37.